The molecule has 0 fully saturated rings. The van der Waals surface area contributed by atoms with Gasteiger partial charge in [-0.25, -0.2) is 4.79 Å². The highest BCUT2D eigenvalue weighted by atomic mass is 16.6. The topological polar surface area (TPSA) is 75.6 Å². The lowest BCUT2D eigenvalue weighted by Crippen LogP contribution is -2.45. The maximum Gasteiger partial charge on any atom is 0.408 e. The predicted octanol–water partition coefficient (Wildman–Crippen LogP) is 0.627. The van der Waals surface area contributed by atoms with Crippen LogP contribution in [0, 0.1) is 0 Å². The van der Waals surface area contributed by atoms with Crippen molar-refractivity contribution in [1.29, 1.82) is 0 Å². The van der Waals surface area contributed by atoms with Crippen LogP contribution < -0.4 is 5.32 Å². The molecule has 15 heavy (non-hydrogen) atoms. The number of carbonyl (C=O) groups is 2. The Balaban J connectivity index is 4.25. The number of aliphatic hydroxyl groups excluding tert-OH is 1. The molecule has 0 aliphatic rings. The summed E-state index contributed by atoms with van der Waals surface area (Å²) >= 11 is 0. The van der Waals surface area contributed by atoms with Gasteiger partial charge in [-0.05, 0) is 26.8 Å². The lowest BCUT2D eigenvalue weighted by molar-refractivity contribution is -0.117. The maximum absolute atomic E-state index is 11.2. The number of ether oxygens (including phenoxy) is 1. The smallest absolute Gasteiger partial charge is 0.408 e. The molecule has 0 rings (SSSR count). The molecule has 0 aliphatic heterocycles. The summed E-state index contributed by atoms with van der Waals surface area (Å²) < 4.78 is 4.92. The highest BCUT2D eigenvalue weighted by Crippen LogP contribution is 2.06. The number of alkyl carbamates (subject to hydrolysis) is 1. The molecule has 1 atom stereocenters. The third-order valence-corrected chi connectivity index (χ3v) is 1.42. The number of rotatable bonds is 4. The van der Waals surface area contributed by atoms with Gasteiger partial charge in [-0.1, -0.05) is 6.58 Å². The zero-order chi connectivity index (χ0) is 12.1. The summed E-state index contributed by atoms with van der Waals surface area (Å²) in [5, 5.41) is 11.1. The van der Waals surface area contributed by atoms with Crippen molar-refractivity contribution in [1.82, 2.24) is 5.32 Å². The quantitative estimate of drug-likeness (QED) is 0.674. The van der Waals surface area contributed by atoms with Gasteiger partial charge in [-0.15, -0.1) is 0 Å². The molecule has 2 N–H and O–H groups in total. The number of hydrogen-bond donors (Lipinski definition) is 2. The van der Waals surface area contributed by atoms with Gasteiger partial charge in [0.2, 0.25) is 0 Å². The number of nitrogens with one attached hydrogen (secondary N) is 1. The number of ketones is 1. The van der Waals surface area contributed by atoms with E-state index < -0.39 is 30.1 Å². The largest absolute Gasteiger partial charge is 0.444 e. The lowest BCUT2D eigenvalue weighted by Gasteiger charge is -2.21. The zero-order valence-electron chi connectivity index (χ0n) is 9.24. The van der Waals surface area contributed by atoms with Gasteiger partial charge in [0.1, 0.15) is 11.6 Å². The van der Waals surface area contributed by atoms with Crippen LogP contribution in [-0.4, -0.2) is 35.2 Å². The third kappa shape index (κ3) is 5.85. The van der Waals surface area contributed by atoms with Crippen LogP contribution >= 0.6 is 0 Å². The lowest BCUT2D eigenvalue weighted by atomic mass is 10.2. The molecule has 0 aromatic heterocycles. The Morgan fingerprint density at radius 2 is 2.07 bits per heavy atom. The molecule has 0 radical (unpaired) electrons. The number of aliphatic hydroxyl groups is 1. The average Bonchev–Trinajstić information content (AvgIpc) is 2.10. The number of hydrogen-bond acceptors (Lipinski definition) is 4. The van der Waals surface area contributed by atoms with E-state index in [1.807, 2.05) is 0 Å². The second kappa shape index (κ2) is 5.50. The van der Waals surface area contributed by atoms with E-state index in [4.69, 9.17) is 9.84 Å². The van der Waals surface area contributed by atoms with Gasteiger partial charge in [0.05, 0.1) is 6.61 Å². The van der Waals surface area contributed by atoms with E-state index in [1.54, 1.807) is 20.8 Å². The van der Waals surface area contributed by atoms with Gasteiger partial charge in [-0.2, -0.15) is 0 Å². The Morgan fingerprint density at radius 3 is 2.40 bits per heavy atom. The SMILES string of the molecule is C=CC(=O)[C@H](CO)NC(=O)OC(C)(C)C. The molecule has 0 saturated carbocycles. The van der Waals surface area contributed by atoms with Gasteiger partial charge in [0.15, 0.2) is 5.78 Å². The first-order chi connectivity index (χ1) is 6.80. The summed E-state index contributed by atoms with van der Waals surface area (Å²) in [6.45, 7) is 7.89. The van der Waals surface area contributed by atoms with Crippen molar-refractivity contribution in [3.63, 3.8) is 0 Å². The van der Waals surface area contributed by atoms with E-state index in [1.165, 1.54) is 0 Å². The predicted molar refractivity (Wildman–Crippen MR) is 55.4 cm³/mol. The fourth-order valence-corrected chi connectivity index (χ4v) is 0.799. The molecule has 0 aromatic rings. The van der Waals surface area contributed by atoms with Crippen LogP contribution in [0.1, 0.15) is 20.8 Å². The maximum atomic E-state index is 11.2. The summed E-state index contributed by atoms with van der Waals surface area (Å²) in [7, 11) is 0. The molecule has 5 nitrogen and oxygen atoms in total. The van der Waals surface area contributed by atoms with Crippen LogP contribution in [0.4, 0.5) is 4.79 Å². The molecular weight excluding hydrogens is 198 g/mol. The first-order valence-electron chi connectivity index (χ1n) is 4.57. The van der Waals surface area contributed by atoms with Crippen LogP contribution in [0.15, 0.2) is 12.7 Å². The fraction of sp³-hybridized carbons (Fsp3) is 0.600. The minimum Gasteiger partial charge on any atom is -0.444 e. The van der Waals surface area contributed by atoms with Crippen LogP contribution in [0.25, 0.3) is 0 Å². The van der Waals surface area contributed by atoms with Crippen molar-refractivity contribution >= 4 is 11.9 Å². The van der Waals surface area contributed by atoms with E-state index in [2.05, 4.69) is 11.9 Å². The van der Waals surface area contributed by atoms with Gasteiger partial charge in [0, 0.05) is 0 Å². The first kappa shape index (κ1) is 13.6. The first-order valence-corrected chi connectivity index (χ1v) is 4.57. The molecule has 0 aliphatic carbocycles. The molecule has 0 bridgehead atoms. The number of amides is 1. The minimum absolute atomic E-state index is 0.455. The Morgan fingerprint density at radius 1 is 1.53 bits per heavy atom. The molecule has 86 valence electrons. The third-order valence-electron chi connectivity index (χ3n) is 1.42. The van der Waals surface area contributed by atoms with Crippen molar-refractivity contribution < 1.29 is 19.4 Å². The van der Waals surface area contributed by atoms with Crippen molar-refractivity contribution in [3.8, 4) is 0 Å². The van der Waals surface area contributed by atoms with Gasteiger partial charge in [-0.3, -0.25) is 4.79 Å². The van der Waals surface area contributed by atoms with Crippen LogP contribution in [-0.2, 0) is 9.53 Å². The second-order valence-corrected chi connectivity index (χ2v) is 3.99. The van der Waals surface area contributed by atoms with Crippen molar-refractivity contribution in [3.05, 3.63) is 12.7 Å². The highest BCUT2D eigenvalue weighted by Gasteiger charge is 2.21. The van der Waals surface area contributed by atoms with E-state index in [9.17, 15) is 9.59 Å². The van der Waals surface area contributed by atoms with E-state index >= 15 is 0 Å². The average molecular weight is 215 g/mol. The molecule has 0 heterocycles. The van der Waals surface area contributed by atoms with Crippen LogP contribution in [0.2, 0.25) is 0 Å². The molecule has 0 aromatic carbocycles. The highest BCUT2D eigenvalue weighted by molar-refractivity contribution is 5.95. The van der Waals surface area contributed by atoms with Gasteiger partial charge >= 0.3 is 6.09 Å². The molecular formula is C10H17NO4. The summed E-state index contributed by atoms with van der Waals surface area (Å²) in [5.41, 5.74) is -0.638. The van der Waals surface area contributed by atoms with Crippen molar-refractivity contribution in [2.24, 2.45) is 0 Å². The Labute approximate surface area is 89.1 Å². The Kier molecular flexibility index (Phi) is 5.00. The molecule has 0 spiro atoms. The van der Waals surface area contributed by atoms with Gasteiger partial charge < -0.3 is 15.2 Å². The monoisotopic (exact) mass is 215 g/mol. The second-order valence-electron chi connectivity index (χ2n) is 3.99. The summed E-state index contributed by atoms with van der Waals surface area (Å²) in [6, 6.07) is -0.989. The van der Waals surface area contributed by atoms with Crippen molar-refractivity contribution in [2.75, 3.05) is 6.61 Å². The molecule has 0 saturated heterocycles. The normalized spacial score (nSPS) is 12.8. The fourth-order valence-electron chi connectivity index (χ4n) is 0.799. The van der Waals surface area contributed by atoms with E-state index in [-0.39, 0.29) is 0 Å². The summed E-state index contributed by atoms with van der Waals surface area (Å²) in [5.74, 6) is -0.455. The van der Waals surface area contributed by atoms with Crippen molar-refractivity contribution in [2.45, 2.75) is 32.4 Å². The summed E-state index contributed by atoms with van der Waals surface area (Å²) in [6.07, 6.45) is 0.301. The molecule has 0 unspecified atom stereocenters. The summed E-state index contributed by atoms with van der Waals surface area (Å²) in [4.78, 5) is 22.3. The minimum atomic E-state index is -0.989. The van der Waals surface area contributed by atoms with E-state index in [0.717, 1.165) is 6.08 Å². The Bertz CT molecular complexity index is 255. The number of carbonyl (C=O) groups excluding carboxylic acids is 2. The zero-order valence-corrected chi connectivity index (χ0v) is 9.24. The van der Waals surface area contributed by atoms with Gasteiger partial charge in [0.25, 0.3) is 0 Å². The standard InChI is InChI=1S/C10H17NO4/c1-5-8(13)7(6-12)11-9(14)15-10(2,3)4/h5,7,12H,1,6H2,2-4H3,(H,11,14)/t7-/m0/s1. The van der Waals surface area contributed by atoms with E-state index in [0.29, 0.717) is 0 Å². The van der Waals surface area contributed by atoms with Crippen LogP contribution in [0.3, 0.4) is 0 Å². The molecule has 5 heteroatoms. The molecule has 1 amide bonds. The Hall–Kier alpha value is -1.36. The van der Waals surface area contributed by atoms with Crippen LogP contribution in [0.5, 0.6) is 0 Å².